The number of carbonyl (C=O) groups excluding carboxylic acids is 4. The summed E-state index contributed by atoms with van der Waals surface area (Å²) in [5, 5.41) is 109. The van der Waals surface area contributed by atoms with Crippen LogP contribution >= 0.6 is 0 Å². The van der Waals surface area contributed by atoms with Crippen LogP contribution in [0.5, 0.6) is 0 Å². The number of nitrogens with one attached hydrogen (secondary N) is 4. The van der Waals surface area contributed by atoms with Crippen molar-refractivity contribution < 1.29 is 145 Å². The summed E-state index contributed by atoms with van der Waals surface area (Å²) in [6.45, 7) is 1.33. The quantitative estimate of drug-likeness (QED) is 0.0138. The van der Waals surface area contributed by atoms with Gasteiger partial charge in [0.2, 0.25) is 34.0 Å². The number of carbonyl (C=O) groups is 4. The van der Waals surface area contributed by atoms with Gasteiger partial charge in [-0.2, -0.15) is 0 Å². The Morgan fingerprint density at radius 1 is 0.487 bits per heavy atom. The molecule has 0 spiro atoms. The summed E-state index contributed by atoms with van der Waals surface area (Å²) in [6.07, 6.45) is -14.8. The van der Waals surface area contributed by atoms with Crippen molar-refractivity contribution in [2.24, 2.45) is 0 Å². The summed E-state index contributed by atoms with van der Waals surface area (Å²) in [7, 11) is -5.40. The summed E-state index contributed by atoms with van der Waals surface area (Å²) in [5.41, 5.74) is 0. The molecule has 0 saturated carbocycles. The van der Waals surface area contributed by atoms with E-state index in [1.54, 1.807) is 0 Å². The molecule has 0 radical (unpaired) electrons. The fraction of sp³-hybridized carbons (Fsp3) is 0.913. The normalized spacial score (nSPS) is 35.9. The van der Waals surface area contributed by atoms with Gasteiger partial charge in [0, 0.05) is 27.2 Å². The van der Waals surface area contributed by atoms with Gasteiger partial charge in [0.15, 0.2) is 25.2 Å². The van der Waals surface area contributed by atoms with Gasteiger partial charge in [0.05, 0.1) is 26.4 Å². The predicted molar refractivity (Wildman–Crippen MR) is 253 cm³/mol. The zero-order valence-electron chi connectivity index (χ0n) is 43.8. The van der Waals surface area contributed by atoms with Crippen LogP contribution in [0.3, 0.4) is 0 Å². The average Bonchev–Trinajstić information content (AvgIpc) is 3.34. The SMILES string of the molecule is CCCCCCCCCCCCCCCC(=O)NC1C(OC2C(CO)OC(OC3C(CO)OC(OC4C(COS(=O)(=O)[O-])OC(O)C(NC(C)=O)C4O)C(NC(C)=O)C3O)C(NC(C)=O)C2O)OC(CO)C(O)C1O.[Na+]. The molecule has 4 saturated heterocycles. The molecule has 4 aliphatic rings. The number of amides is 4. The van der Waals surface area contributed by atoms with E-state index in [0.717, 1.165) is 52.9 Å². The third-order valence-electron chi connectivity index (χ3n) is 13.5. The van der Waals surface area contributed by atoms with E-state index in [9.17, 15) is 78.1 Å². The Bertz CT molecular complexity index is 1870. The smallest absolute Gasteiger partial charge is 0.726 e. The molecule has 4 amide bonds. The first-order valence-electron chi connectivity index (χ1n) is 25.8. The Kier molecular flexibility index (Phi) is 30.4. The van der Waals surface area contributed by atoms with Gasteiger partial charge in [0.25, 0.3) is 0 Å². The zero-order chi connectivity index (χ0) is 55.6. The first-order valence-corrected chi connectivity index (χ1v) is 27.1. The Labute approximate surface area is 464 Å². The molecule has 4 fully saturated rings. The van der Waals surface area contributed by atoms with Crippen LogP contribution in [0.25, 0.3) is 0 Å². The second-order valence-corrected chi connectivity index (χ2v) is 20.5. The number of rotatable bonds is 30. The van der Waals surface area contributed by atoms with Crippen molar-refractivity contribution in [1.82, 2.24) is 21.3 Å². The van der Waals surface area contributed by atoms with Crippen LogP contribution in [-0.2, 0) is 66.9 Å². The van der Waals surface area contributed by atoms with Gasteiger partial charge in [-0.15, -0.1) is 0 Å². The summed E-state index contributed by atoms with van der Waals surface area (Å²) in [6, 6.07) is -6.60. The maximum atomic E-state index is 13.3. The number of unbranched alkanes of at least 4 members (excludes halogenated alkanes) is 12. The van der Waals surface area contributed by atoms with Crippen LogP contribution in [0.15, 0.2) is 0 Å². The Balaban J connectivity index is 0.0000152. The second kappa shape index (κ2) is 33.8. The van der Waals surface area contributed by atoms with Gasteiger partial charge >= 0.3 is 29.6 Å². The molecular weight excluding hydrogens is 1050 g/mol. The minimum Gasteiger partial charge on any atom is -0.726 e. The number of aliphatic hydroxyl groups is 9. The van der Waals surface area contributed by atoms with Crippen molar-refractivity contribution in [1.29, 1.82) is 0 Å². The third kappa shape index (κ3) is 20.6. The van der Waals surface area contributed by atoms with E-state index in [1.165, 1.54) is 44.9 Å². The van der Waals surface area contributed by atoms with Gasteiger partial charge in [-0.3, -0.25) is 23.4 Å². The molecule has 30 heteroatoms. The number of ether oxygens (including phenoxy) is 7. The third-order valence-corrected chi connectivity index (χ3v) is 13.9. The van der Waals surface area contributed by atoms with Crippen molar-refractivity contribution in [3.05, 3.63) is 0 Å². The molecular formula is C46H81N4NaO24S. The molecule has 28 nitrogen and oxygen atoms in total. The molecule has 0 aromatic carbocycles. The molecule has 20 atom stereocenters. The molecule has 4 heterocycles. The van der Waals surface area contributed by atoms with Gasteiger partial charge in [0.1, 0.15) is 97.4 Å². The van der Waals surface area contributed by atoms with Gasteiger partial charge < -0.3 is 105 Å². The maximum absolute atomic E-state index is 13.3. The van der Waals surface area contributed by atoms with E-state index in [0.29, 0.717) is 6.42 Å². The number of hydrogen-bond donors (Lipinski definition) is 13. The first-order chi connectivity index (χ1) is 35.5. The van der Waals surface area contributed by atoms with Crippen LogP contribution in [0.2, 0.25) is 0 Å². The molecule has 0 aromatic heterocycles. The van der Waals surface area contributed by atoms with Crippen LogP contribution in [0, 0.1) is 0 Å². The van der Waals surface area contributed by atoms with Crippen molar-refractivity contribution >= 4 is 34.0 Å². The van der Waals surface area contributed by atoms with E-state index >= 15 is 0 Å². The van der Waals surface area contributed by atoms with Crippen molar-refractivity contribution in [2.45, 2.75) is 240 Å². The molecule has 0 aliphatic carbocycles. The van der Waals surface area contributed by atoms with Crippen LogP contribution in [0.4, 0.5) is 0 Å². The fourth-order valence-corrected chi connectivity index (χ4v) is 9.94. The standard InChI is InChI=1S/C46H82N4O24S.Na/c1-5-6-7-8-9-10-11-12-13-14-15-16-17-18-30(57)50-32-36(59)35(58)26(19-51)69-44(32)72-40-27(20-52)70-45(33(38(40)61)48-24(3)55)73-41-28(21-53)71-46(34(39(41)62)49-25(4)56)74-42-29(22-67-75(64,65)66)68-43(63)31(37(42)60)47-23(2)54;/h26-29,31-46,51-53,58-63H,5-22H2,1-4H3,(H,47,54)(H,48,55)(H,49,56)(H,50,57)(H,64,65,66);/q;+1/p-1. The van der Waals surface area contributed by atoms with E-state index in [1.807, 2.05) is 0 Å². The van der Waals surface area contributed by atoms with Crippen LogP contribution in [-0.4, -0.2) is 232 Å². The van der Waals surface area contributed by atoms with E-state index < -0.39 is 183 Å². The topological polar surface area (TPSA) is 430 Å². The van der Waals surface area contributed by atoms with Gasteiger partial charge in [-0.25, -0.2) is 8.42 Å². The minimum atomic E-state index is -5.40. The first kappa shape index (κ1) is 68.4. The van der Waals surface area contributed by atoms with Crippen molar-refractivity contribution in [2.75, 3.05) is 26.4 Å². The van der Waals surface area contributed by atoms with Gasteiger partial charge in [-0.1, -0.05) is 84.0 Å². The molecule has 4 aliphatic heterocycles. The molecule has 0 aromatic rings. The van der Waals surface area contributed by atoms with E-state index in [4.69, 9.17) is 33.2 Å². The summed E-state index contributed by atoms with van der Waals surface area (Å²) < 4.78 is 79.6. The van der Waals surface area contributed by atoms with Crippen LogP contribution in [0.1, 0.15) is 118 Å². The maximum Gasteiger partial charge on any atom is 1.00 e. The van der Waals surface area contributed by atoms with E-state index in [2.05, 4.69) is 32.4 Å². The summed E-state index contributed by atoms with van der Waals surface area (Å²) in [4.78, 5) is 50.5. The minimum absolute atomic E-state index is 0. The second-order valence-electron chi connectivity index (χ2n) is 19.5. The summed E-state index contributed by atoms with van der Waals surface area (Å²) in [5.74, 6) is -2.92. The Morgan fingerprint density at radius 3 is 1.24 bits per heavy atom. The molecule has 20 unspecified atom stereocenters. The monoisotopic (exact) mass is 1130 g/mol. The van der Waals surface area contributed by atoms with Crippen molar-refractivity contribution in [3.8, 4) is 0 Å². The van der Waals surface area contributed by atoms with E-state index in [-0.39, 0.29) is 36.0 Å². The average molecular weight is 1130 g/mol. The molecule has 13 N–H and O–H groups in total. The Hall–Kier alpha value is -1.89. The Morgan fingerprint density at radius 2 is 0.842 bits per heavy atom. The molecule has 436 valence electrons. The zero-order valence-corrected chi connectivity index (χ0v) is 46.6. The van der Waals surface area contributed by atoms with Crippen LogP contribution < -0.4 is 50.8 Å². The molecule has 76 heavy (non-hydrogen) atoms. The molecule has 0 bridgehead atoms. The number of hydrogen-bond acceptors (Lipinski definition) is 24. The molecule has 4 rings (SSSR count). The van der Waals surface area contributed by atoms with Crippen molar-refractivity contribution in [3.63, 3.8) is 0 Å². The summed E-state index contributed by atoms with van der Waals surface area (Å²) >= 11 is 0. The number of aliphatic hydroxyl groups excluding tert-OH is 9. The largest absolute Gasteiger partial charge is 1.00 e. The fourth-order valence-electron chi connectivity index (χ4n) is 9.64. The van der Waals surface area contributed by atoms with Gasteiger partial charge in [-0.05, 0) is 6.42 Å². The predicted octanol–water partition coefficient (Wildman–Crippen LogP) is -7.22.